The zero-order valence-electron chi connectivity index (χ0n) is 16.1. The van der Waals surface area contributed by atoms with Crippen LogP contribution in [0.4, 0.5) is 0 Å². The molecule has 4 rings (SSSR count). The molecular weight excluding hydrogens is 350 g/mol. The van der Waals surface area contributed by atoms with Gasteiger partial charge in [-0.1, -0.05) is 48.0 Å². The topological polar surface area (TPSA) is 56.9 Å². The molecule has 0 unspecified atom stereocenters. The molecule has 4 aromatic rings. The second-order valence-corrected chi connectivity index (χ2v) is 7.11. The summed E-state index contributed by atoms with van der Waals surface area (Å²) in [5.74, 6) is 0. The number of benzene rings is 2. The maximum absolute atomic E-state index is 13.4. The van der Waals surface area contributed by atoms with Crippen molar-refractivity contribution >= 4 is 11.0 Å². The van der Waals surface area contributed by atoms with E-state index in [2.05, 4.69) is 4.98 Å². The summed E-state index contributed by atoms with van der Waals surface area (Å²) in [7, 11) is 0. The lowest BCUT2D eigenvalue weighted by atomic mass is 10.1. The minimum Gasteiger partial charge on any atom is -0.268 e. The van der Waals surface area contributed by atoms with Crippen LogP contribution in [0.2, 0.25) is 0 Å². The molecule has 28 heavy (non-hydrogen) atoms. The largest absolute Gasteiger partial charge is 0.337 e. The minimum absolute atomic E-state index is 0.218. The van der Waals surface area contributed by atoms with Gasteiger partial charge < -0.3 is 0 Å². The normalized spacial score (nSPS) is 11.1. The fraction of sp³-hybridized carbons (Fsp3) is 0.174. The van der Waals surface area contributed by atoms with E-state index in [0.29, 0.717) is 16.7 Å². The molecule has 2 aromatic carbocycles. The van der Waals surface area contributed by atoms with Crippen molar-refractivity contribution in [1.29, 1.82) is 0 Å². The second-order valence-electron chi connectivity index (χ2n) is 7.11. The molecule has 0 bridgehead atoms. The molecule has 140 valence electrons. The van der Waals surface area contributed by atoms with E-state index in [9.17, 15) is 9.59 Å². The SMILES string of the molecule is Cc1cccc(Cn2c(=O)c3c(C)cc(C)nc3n(-c3ccccc3)c2=O)c1. The van der Waals surface area contributed by atoms with Gasteiger partial charge in [-0.25, -0.2) is 14.3 Å². The monoisotopic (exact) mass is 371 g/mol. The molecule has 0 N–H and O–H groups in total. The summed E-state index contributed by atoms with van der Waals surface area (Å²) < 4.78 is 2.83. The average molecular weight is 371 g/mol. The highest BCUT2D eigenvalue weighted by atomic mass is 16.2. The molecule has 0 aliphatic rings. The quantitative estimate of drug-likeness (QED) is 0.554. The van der Waals surface area contributed by atoms with E-state index in [1.807, 2.05) is 81.4 Å². The Bertz CT molecular complexity index is 1300. The van der Waals surface area contributed by atoms with Crippen molar-refractivity contribution in [3.8, 4) is 5.69 Å². The van der Waals surface area contributed by atoms with E-state index < -0.39 is 0 Å². The molecule has 0 fully saturated rings. The van der Waals surface area contributed by atoms with Gasteiger partial charge in [0.05, 0.1) is 17.6 Å². The Balaban J connectivity index is 2.09. The molecular formula is C23H21N3O2. The molecule has 0 saturated heterocycles. The fourth-order valence-corrected chi connectivity index (χ4v) is 3.62. The van der Waals surface area contributed by atoms with Gasteiger partial charge in [0.1, 0.15) is 0 Å². The Morgan fingerprint density at radius 3 is 2.36 bits per heavy atom. The number of fused-ring (bicyclic) bond motifs is 1. The molecule has 0 radical (unpaired) electrons. The van der Waals surface area contributed by atoms with Gasteiger partial charge in [-0.05, 0) is 50.1 Å². The van der Waals surface area contributed by atoms with Crippen molar-refractivity contribution in [1.82, 2.24) is 14.1 Å². The Kier molecular flexibility index (Phi) is 4.43. The van der Waals surface area contributed by atoms with Crippen LogP contribution < -0.4 is 11.2 Å². The van der Waals surface area contributed by atoms with Gasteiger partial charge >= 0.3 is 5.69 Å². The van der Waals surface area contributed by atoms with E-state index in [1.165, 1.54) is 9.13 Å². The average Bonchev–Trinajstić information content (AvgIpc) is 2.65. The lowest BCUT2D eigenvalue weighted by Gasteiger charge is -2.15. The predicted molar refractivity (Wildman–Crippen MR) is 111 cm³/mol. The van der Waals surface area contributed by atoms with Crippen LogP contribution >= 0.6 is 0 Å². The highest BCUT2D eigenvalue weighted by molar-refractivity contribution is 5.79. The van der Waals surface area contributed by atoms with Crippen LogP contribution in [0.3, 0.4) is 0 Å². The number of para-hydroxylation sites is 1. The second kappa shape index (κ2) is 6.93. The number of pyridine rings is 1. The molecule has 5 nitrogen and oxygen atoms in total. The Morgan fingerprint density at radius 2 is 1.64 bits per heavy atom. The van der Waals surface area contributed by atoms with E-state index in [1.54, 1.807) is 0 Å². The number of hydrogen-bond acceptors (Lipinski definition) is 3. The zero-order valence-corrected chi connectivity index (χ0v) is 16.1. The van der Waals surface area contributed by atoms with Gasteiger partial charge in [-0.3, -0.25) is 9.36 Å². The summed E-state index contributed by atoms with van der Waals surface area (Å²) in [5.41, 5.74) is 3.98. The fourth-order valence-electron chi connectivity index (χ4n) is 3.62. The first-order chi connectivity index (χ1) is 13.5. The maximum Gasteiger partial charge on any atom is 0.337 e. The Morgan fingerprint density at radius 1 is 0.893 bits per heavy atom. The van der Waals surface area contributed by atoms with Crippen LogP contribution in [-0.4, -0.2) is 14.1 Å². The van der Waals surface area contributed by atoms with Gasteiger partial charge in [0, 0.05) is 5.69 Å². The van der Waals surface area contributed by atoms with Crippen LogP contribution in [0.1, 0.15) is 22.4 Å². The predicted octanol–water partition coefficient (Wildman–Crippen LogP) is 3.52. The minimum atomic E-state index is -0.386. The smallest absolute Gasteiger partial charge is 0.268 e. The first kappa shape index (κ1) is 17.9. The van der Waals surface area contributed by atoms with Crippen LogP contribution in [-0.2, 0) is 6.54 Å². The molecule has 0 aliphatic carbocycles. The highest BCUT2D eigenvalue weighted by Gasteiger charge is 2.18. The number of rotatable bonds is 3. The first-order valence-electron chi connectivity index (χ1n) is 9.20. The highest BCUT2D eigenvalue weighted by Crippen LogP contribution is 2.17. The standard InChI is InChI=1S/C23H21N3O2/c1-15-8-7-9-18(12-15)14-25-22(27)20-16(2)13-17(3)24-21(20)26(23(25)28)19-10-5-4-6-11-19/h4-13H,14H2,1-3H3. The van der Waals surface area contributed by atoms with Crippen molar-refractivity contribution in [3.05, 3.63) is 104 Å². The first-order valence-corrected chi connectivity index (χ1v) is 9.20. The Hall–Kier alpha value is -3.47. The third-order valence-electron chi connectivity index (χ3n) is 4.86. The summed E-state index contributed by atoms with van der Waals surface area (Å²) in [6.45, 7) is 5.96. The van der Waals surface area contributed by atoms with E-state index in [0.717, 1.165) is 22.4 Å². The molecule has 2 aromatic heterocycles. The number of nitrogens with zero attached hydrogens (tertiary/aromatic N) is 3. The van der Waals surface area contributed by atoms with Crippen LogP contribution in [0, 0.1) is 20.8 Å². The molecule has 2 heterocycles. The molecule has 0 amide bonds. The van der Waals surface area contributed by atoms with E-state index in [-0.39, 0.29) is 17.8 Å². The lowest BCUT2D eigenvalue weighted by molar-refractivity contribution is 0.681. The van der Waals surface area contributed by atoms with Gasteiger partial charge in [0.25, 0.3) is 5.56 Å². The lowest BCUT2D eigenvalue weighted by Crippen LogP contribution is -2.40. The summed E-state index contributed by atoms with van der Waals surface area (Å²) in [6.07, 6.45) is 0. The van der Waals surface area contributed by atoms with Gasteiger partial charge in [-0.2, -0.15) is 0 Å². The third kappa shape index (κ3) is 3.05. The van der Waals surface area contributed by atoms with Crippen molar-refractivity contribution < 1.29 is 0 Å². The molecule has 0 saturated carbocycles. The molecule has 0 atom stereocenters. The zero-order chi connectivity index (χ0) is 19.8. The molecule has 5 heteroatoms. The Labute approximate surface area is 162 Å². The van der Waals surface area contributed by atoms with Crippen molar-refractivity contribution in [2.45, 2.75) is 27.3 Å². The summed E-state index contributed by atoms with van der Waals surface area (Å²) in [4.78, 5) is 31.2. The number of hydrogen-bond donors (Lipinski definition) is 0. The van der Waals surface area contributed by atoms with Gasteiger partial charge in [0.15, 0.2) is 5.65 Å². The molecule has 0 aliphatic heterocycles. The summed E-state index contributed by atoms with van der Waals surface area (Å²) >= 11 is 0. The third-order valence-corrected chi connectivity index (χ3v) is 4.86. The van der Waals surface area contributed by atoms with E-state index >= 15 is 0 Å². The maximum atomic E-state index is 13.4. The van der Waals surface area contributed by atoms with Crippen LogP contribution in [0.5, 0.6) is 0 Å². The summed E-state index contributed by atoms with van der Waals surface area (Å²) in [5, 5.41) is 0.474. The van der Waals surface area contributed by atoms with Crippen molar-refractivity contribution in [2.75, 3.05) is 0 Å². The molecule has 0 spiro atoms. The van der Waals surface area contributed by atoms with Crippen LogP contribution in [0.25, 0.3) is 16.7 Å². The van der Waals surface area contributed by atoms with Crippen molar-refractivity contribution in [2.24, 2.45) is 0 Å². The van der Waals surface area contributed by atoms with Crippen LogP contribution in [0.15, 0.2) is 70.3 Å². The summed E-state index contributed by atoms with van der Waals surface area (Å²) in [6, 6.07) is 19.0. The number of aryl methyl sites for hydroxylation is 3. The number of aromatic nitrogens is 3. The van der Waals surface area contributed by atoms with Gasteiger partial charge in [0.2, 0.25) is 0 Å². The van der Waals surface area contributed by atoms with Gasteiger partial charge in [-0.15, -0.1) is 0 Å². The van der Waals surface area contributed by atoms with Crippen molar-refractivity contribution in [3.63, 3.8) is 0 Å². The van der Waals surface area contributed by atoms with E-state index in [4.69, 9.17) is 0 Å².